The molecule has 5 heteroatoms. The summed E-state index contributed by atoms with van der Waals surface area (Å²) in [5, 5.41) is 2.84. The first-order valence-corrected chi connectivity index (χ1v) is 6.67. The second-order valence-corrected chi connectivity index (χ2v) is 4.76. The van der Waals surface area contributed by atoms with E-state index in [9.17, 15) is 4.79 Å². The summed E-state index contributed by atoms with van der Waals surface area (Å²) in [5.74, 6) is 0.0530. The Bertz CT molecular complexity index is 343. The van der Waals surface area contributed by atoms with Crippen LogP contribution in [0.15, 0.2) is 16.8 Å². The van der Waals surface area contributed by atoms with Crippen molar-refractivity contribution < 1.29 is 4.79 Å². The minimum Gasteiger partial charge on any atom is -0.368 e. The lowest BCUT2D eigenvalue weighted by atomic mass is 10.2. The zero-order valence-corrected chi connectivity index (χ0v) is 11.1. The first-order chi connectivity index (χ1) is 8.75. The van der Waals surface area contributed by atoms with Crippen LogP contribution in [-0.4, -0.2) is 67.7 Å². The molecule has 2 aliphatic rings. The highest BCUT2D eigenvalue weighted by Crippen LogP contribution is 2.11. The van der Waals surface area contributed by atoms with Gasteiger partial charge in [-0.3, -0.25) is 14.7 Å². The van der Waals surface area contributed by atoms with E-state index in [0.717, 1.165) is 52.2 Å². The molecule has 100 valence electrons. The summed E-state index contributed by atoms with van der Waals surface area (Å²) in [6.07, 6.45) is 5.34. The van der Waals surface area contributed by atoms with E-state index in [2.05, 4.69) is 26.2 Å². The van der Waals surface area contributed by atoms with Crippen molar-refractivity contribution in [3.05, 3.63) is 11.8 Å². The van der Waals surface area contributed by atoms with Gasteiger partial charge in [-0.15, -0.1) is 0 Å². The average molecular weight is 250 g/mol. The number of hydrogen-bond donors (Lipinski definition) is 1. The molecule has 0 spiro atoms. The largest absolute Gasteiger partial charge is 0.368 e. The number of carbonyl (C=O) groups excluding carboxylic acids is 1. The van der Waals surface area contributed by atoms with Crippen molar-refractivity contribution in [3.8, 4) is 0 Å². The molecule has 0 atom stereocenters. The summed E-state index contributed by atoms with van der Waals surface area (Å²) in [7, 11) is 0. The molecule has 2 heterocycles. The highest BCUT2D eigenvalue weighted by molar-refractivity contribution is 5.78. The first kappa shape index (κ1) is 13.1. The van der Waals surface area contributed by atoms with Crippen LogP contribution in [0.5, 0.6) is 0 Å². The van der Waals surface area contributed by atoms with E-state index in [4.69, 9.17) is 0 Å². The fraction of sp³-hybridized carbons (Fsp3) is 0.692. The van der Waals surface area contributed by atoms with Gasteiger partial charge < -0.3 is 10.2 Å². The van der Waals surface area contributed by atoms with Gasteiger partial charge in [0.15, 0.2) is 0 Å². The minimum absolute atomic E-state index is 0.0530. The maximum Gasteiger partial charge on any atom is 0.216 e. The second-order valence-electron chi connectivity index (χ2n) is 4.76. The Kier molecular flexibility index (Phi) is 4.75. The van der Waals surface area contributed by atoms with E-state index >= 15 is 0 Å². The van der Waals surface area contributed by atoms with Crippen LogP contribution >= 0.6 is 0 Å². The molecule has 0 aromatic heterocycles. The Hall–Kier alpha value is -1.36. The number of carbonyl (C=O) groups is 1. The number of nitrogens with one attached hydrogen (secondary N) is 1. The highest BCUT2D eigenvalue weighted by atomic mass is 16.1. The topological polar surface area (TPSA) is 47.9 Å². The summed E-state index contributed by atoms with van der Waals surface area (Å²) in [6.45, 7) is 8.42. The van der Waals surface area contributed by atoms with Gasteiger partial charge in [0, 0.05) is 59.0 Å². The summed E-state index contributed by atoms with van der Waals surface area (Å²) in [5.41, 5.74) is 1.28. The van der Waals surface area contributed by atoms with Crippen molar-refractivity contribution in [1.29, 1.82) is 0 Å². The molecular formula is C13H22N4O. The maximum absolute atomic E-state index is 10.8. The maximum atomic E-state index is 10.8. The van der Waals surface area contributed by atoms with Crippen molar-refractivity contribution in [2.45, 2.75) is 13.3 Å². The zero-order valence-electron chi connectivity index (χ0n) is 11.1. The van der Waals surface area contributed by atoms with Crippen LogP contribution in [0.2, 0.25) is 0 Å². The fourth-order valence-electron chi connectivity index (χ4n) is 2.33. The van der Waals surface area contributed by atoms with Gasteiger partial charge in [-0.05, 0) is 6.42 Å². The lowest BCUT2D eigenvalue weighted by Gasteiger charge is -2.36. The minimum atomic E-state index is 0.0530. The Morgan fingerprint density at radius 2 is 2.17 bits per heavy atom. The van der Waals surface area contributed by atoms with Crippen molar-refractivity contribution in [2.24, 2.45) is 4.99 Å². The number of aliphatic imine (C=N–C) groups is 1. The smallest absolute Gasteiger partial charge is 0.216 e. The van der Waals surface area contributed by atoms with E-state index in [1.165, 1.54) is 5.70 Å². The molecule has 1 amide bonds. The second kappa shape index (κ2) is 6.54. The van der Waals surface area contributed by atoms with Gasteiger partial charge in [0.2, 0.25) is 5.91 Å². The van der Waals surface area contributed by atoms with E-state index in [1.807, 2.05) is 6.21 Å². The number of hydrogen-bond acceptors (Lipinski definition) is 4. The molecule has 5 nitrogen and oxygen atoms in total. The lowest BCUT2D eigenvalue weighted by molar-refractivity contribution is -0.119. The van der Waals surface area contributed by atoms with E-state index < -0.39 is 0 Å². The van der Waals surface area contributed by atoms with Crippen LogP contribution < -0.4 is 5.32 Å². The van der Waals surface area contributed by atoms with E-state index in [1.54, 1.807) is 6.92 Å². The third-order valence-electron chi connectivity index (χ3n) is 3.37. The van der Waals surface area contributed by atoms with Crippen LogP contribution in [0.1, 0.15) is 13.3 Å². The standard InChI is InChI=1S/C13H22N4O/c1-12(18)15-5-6-16-7-9-17(10-8-16)13-3-2-4-14-11-13/h3,11H,2,4-10H2,1H3,(H,15,18). The lowest BCUT2D eigenvalue weighted by Crippen LogP contribution is -2.48. The van der Waals surface area contributed by atoms with Gasteiger partial charge in [-0.2, -0.15) is 0 Å². The SMILES string of the molecule is CC(=O)NCCN1CCN(C2=CCCN=C2)CC1. The number of piperazine rings is 1. The quantitative estimate of drug-likeness (QED) is 0.770. The van der Waals surface area contributed by atoms with Gasteiger partial charge in [0.25, 0.3) is 0 Å². The molecule has 1 saturated heterocycles. The van der Waals surface area contributed by atoms with Crippen LogP contribution in [-0.2, 0) is 4.79 Å². The van der Waals surface area contributed by atoms with Crippen molar-refractivity contribution in [1.82, 2.24) is 15.1 Å². The number of rotatable bonds is 4. The number of allylic oxidation sites excluding steroid dienone is 1. The van der Waals surface area contributed by atoms with Crippen molar-refractivity contribution in [2.75, 3.05) is 45.8 Å². The van der Waals surface area contributed by atoms with Crippen LogP contribution in [0, 0.1) is 0 Å². The monoisotopic (exact) mass is 250 g/mol. The number of amides is 1. The number of nitrogens with zero attached hydrogens (tertiary/aromatic N) is 3. The molecule has 0 unspecified atom stereocenters. The zero-order chi connectivity index (χ0) is 12.8. The van der Waals surface area contributed by atoms with E-state index in [0.29, 0.717) is 0 Å². The predicted octanol–water partition coefficient (Wildman–Crippen LogP) is 0.0985. The summed E-state index contributed by atoms with van der Waals surface area (Å²) in [4.78, 5) is 19.9. The van der Waals surface area contributed by atoms with Crippen LogP contribution in [0.3, 0.4) is 0 Å². The third kappa shape index (κ3) is 3.84. The summed E-state index contributed by atoms with van der Waals surface area (Å²) >= 11 is 0. The van der Waals surface area contributed by atoms with Gasteiger partial charge >= 0.3 is 0 Å². The molecule has 0 aromatic carbocycles. The molecule has 18 heavy (non-hydrogen) atoms. The highest BCUT2D eigenvalue weighted by Gasteiger charge is 2.18. The Labute approximate surface area is 109 Å². The number of dihydropyridines is 1. The Balaban J connectivity index is 1.69. The molecule has 0 aliphatic carbocycles. The molecule has 0 saturated carbocycles. The van der Waals surface area contributed by atoms with E-state index in [-0.39, 0.29) is 5.91 Å². The van der Waals surface area contributed by atoms with Crippen LogP contribution in [0.4, 0.5) is 0 Å². The predicted molar refractivity (Wildman–Crippen MR) is 72.8 cm³/mol. The fourth-order valence-corrected chi connectivity index (χ4v) is 2.33. The van der Waals surface area contributed by atoms with Gasteiger partial charge in [0.05, 0.1) is 5.70 Å². The van der Waals surface area contributed by atoms with Crippen molar-refractivity contribution in [3.63, 3.8) is 0 Å². The van der Waals surface area contributed by atoms with Gasteiger partial charge in [-0.25, -0.2) is 0 Å². The Morgan fingerprint density at radius 3 is 2.78 bits per heavy atom. The van der Waals surface area contributed by atoms with Gasteiger partial charge in [-0.1, -0.05) is 6.08 Å². The average Bonchev–Trinajstić information content (AvgIpc) is 2.40. The van der Waals surface area contributed by atoms with Crippen molar-refractivity contribution >= 4 is 12.1 Å². The first-order valence-electron chi connectivity index (χ1n) is 6.67. The molecule has 0 aromatic rings. The Morgan fingerprint density at radius 1 is 1.39 bits per heavy atom. The molecule has 1 fully saturated rings. The summed E-state index contributed by atoms with van der Waals surface area (Å²) < 4.78 is 0. The third-order valence-corrected chi connectivity index (χ3v) is 3.37. The molecule has 0 radical (unpaired) electrons. The normalized spacial score (nSPS) is 20.7. The molecule has 2 aliphatic heterocycles. The summed E-state index contributed by atoms with van der Waals surface area (Å²) in [6, 6.07) is 0. The van der Waals surface area contributed by atoms with Gasteiger partial charge in [0.1, 0.15) is 0 Å². The molecular weight excluding hydrogens is 228 g/mol. The molecule has 0 bridgehead atoms. The van der Waals surface area contributed by atoms with Crippen LogP contribution in [0.25, 0.3) is 0 Å². The molecule has 2 rings (SSSR count). The molecule has 1 N–H and O–H groups in total.